The van der Waals surface area contributed by atoms with Gasteiger partial charge in [0.1, 0.15) is 5.75 Å². The lowest BCUT2D eigenvalue weighted by atomic mass is 9.99. The van der Waals surface area contributed by atoms with Crippen LogP contribution in [-0.2, 0) is 0 Å². The molecule has 1 aliphatic heterocycles. The fraction of sp³-hybridized carbons (Fsp3) is 0.684. The predicted octanol–water partition coefficient (Wildman–Crippen LogP) is 2.62. The topological polar surface area (TPSA) is 27.7 Å². The lowest BCUT2D eigenvalue weighted by molar-refractivity contribution is 0.150. The van der Waals surface area contributed by atoms with Gasteiger partial charge in [0.25, 0.3) is 0 Å². The summed E-state index contributed by atoms with van der Waals surface area (Å²) in [5.41, 5.74) is 1.31. The van der Waals surface area contributed by atoms with Crippen LogP contribution in [0.4, 0.5) is 0 Å². The summed E-state index contributed by atoms with van der Waals surface area (Å²) in [6.45, 7) is 7.49. The van der Waals surface area contributed by atoms with Gasteiger partial charge in [0.2, 0.25) is 0 Å². The number of nitrogens with zero attached hydrogens (tertiary/aromatic N) is 2. The molecule has 1 fully saturated rings. The van der Waals surface area contributed by atoms with Gasteiger partial charge in [0.05, 0.1) is 6.61 Å². The van der Waals surface area contributed by atoms with E-state index in [1.807, 2.05) is 0 Å². The molecule has 1 aromatic rings. The molecule has 1 heterocycles. The highest BCUT2D eigenvalue weighted by Crippen LogP contribution is 2.20. The zero-order valence-electron chi connectivity index (χ0n) is 15.2. The van der Waals surface area contributed by atoms with Crippen molar-refractivity contribution in [1.29, 1.82) is 0 Å². The normalized spacial score (nSPS) is 20.7. The largest absolute Gasteiger partial charge is 0.493 e. The zero-order valence-corrected chi connectivity index (χ0v) is 15.2. The summed E-state index contributed by atoms with van der Waals surface area (Å²) >= 11 is 0. The molecule has 23 heavy (non-hydrogen) atoms. The second kappa shape index (κ2) is 9.26. The van der Waals surface area contributed by atoms with Gasteiger partial charge in [0.15, 0.2) is 0 Å². The highest BCUT2D eigenvalue weighted by molar-refractivity contribution is 5.29. The van der Waals surface area contributed by atoms with Crippen molar-refractivity contribution < 1.29 is 4.74 Å². The second-order valence-electron chi connectivity index (χ2n) is 7.13. The number of likely N-dealkylation sites (N-methyl/N-ethyl adjacent to an activating group) is 1. The van der Waals surface area contributed by atoms with E-state index in [4.69, 9.17) is 4.74 Å². The van der Waals surface area contributed by atoms with Crippen LogP contribution in [-0.4, -0.2) is 63.7 Å². The number of nitrogens with one attached hydrogen (secondary N) is 1. The lowest BCUT2D eigenvalue weighted by Crippen LogP contribution is -2.34. The van der Waals surface area contributed by atoms with E-state index in [9.17, 15) is 0 Å². The van der Waals surface area contributed by atoms with Gasteiger partial charge in [-0.25, -0.2) is 0 Å². The van der Waals surface area contributed by atoms with Gasteiger partial charge in [-0.05, 0) is 65.1 Å². The van der Waals surface area contributed by atoms with Crippen molar-refractivity contribution >= 4 is 0 Å². The predicted molar refractivity (Wildman–Crippen MR) is 97.1 cm³/mol. The third-order valence-corrected chi connectivity index (χ3v) is 4.60. The first-order valence-corrected chi connectivity index (χ1v) is 8.84. The number of likely N-dealkylation sites (tertiary alicyclic amines) is 1. The van der Waals surface area contributed by atoms with Gasteiger partial charge in [-0.1, -0.05) is 12.1 Å². The lowest BCUT2D eigenvalue weighted by Gasteiger charge is -2.29. The van der Waals surface area contributed by atoms with Crippen molar-refractivity contribution in [2.24, 2.45) is 5.92 Å². The molecule has 1 saturated heterocycles. The highest BCUT2D eigenvalue weighted by Gasteiger charge is 2.17. The van der Waals surface area contributed by atoms with Crippen molar-refractivity contribution in [2.75, 3.05) is 53.9 Å². The van der Waals surface area contributed by atoms with E-state index in [2.05, 4.69) is 67.4 Å². The third kappa shape index (κ3) is 6.50. The van der Waals surface area contributed by atoms with Crippen molar-refractivity contribution in [1.82, 2.24) is 15.1 Å². The number of hydrogen-bond donors (Lipinski definition) is 1. The van der Waals surface area contributed by atoms with E-state index in [1.165, 1.54) is 24.9 Å². The summed E-state index contributed by atoms with van der Waals surface area (Å²) in [6.07, 6.45) is 2.58. The van der Waals surface area contributed by atoms with Crippen LogP contribution in [0.3, 0.4) is 0 Å². The smallest absolute Gasteiger partial charge is 0.119 e. The first kappa shape index (κ1) is 18.2. The van der Waals surface area contributed by atoms with Crippen LogP contribution in [0.1, 0.15) is 31.4 Å². The molecule has 0 aliphatic carbocycles. The number of rotatable bonds is 8. The van der Waals surface area contributed by atoms with E-state index < -0.39 is 0 Å². The third-order valence-electron chi connectivity index (χ3n) is 4.60. The molecule has 1 N–H and O–H groups in total. The summed E-state index contributed by atoms with van der Waals surface area (Å²) in [5.74, 6) is 1.66. The van der Waals surface area contributed by atoms with Crippen molar-refractivity contribution in [2.45, 2.75) is 25.8 Å². The SMILES string of the molecule is CC(NCCN(C)C)c1ccc(OCC2CCCN(C)C2)cc1. The Balaban J connectivity index is 1.75. The monoisotopic (exact) mass is 319 g/mol. The van der Waals surface area contributed by atoms with E-state index in [1.54, 1.807) is 0 Å². The minimum Gasteiger partial charge on any atom is -0.493 e. The summed E-state index contributed by atoms with van der Waals surface area (Å²) in [7, 11) is 6.40. The van der Waals surface area contributed by atoms with E-state index in [0.717, 1.165) is 32.0 Å². The van der Waals surface area contributed by atoms with Gasteiger partial charge >= 0.3 is 0 Å². The quantitative estimate of drug-likeness (QED) is 0.797. The Bertz CT molecular complexity index is 446. The fourth-order valence-corrected chi connectivity index (χ4v) is 3.10. The Hall–Kier alpha value is -1.10. The molecule has 0 bridgehead atoms. The minimum absolute atomic E-state index is 0.371. The molecular weight excluding hydrogens is 286 g/mol. The van der Waals surface area contributed by atoms with Crippen molar-refractivity contribution in [3.05, 3.63) is 29.8 Å². The molecule has 0 saturated carbocycles. The van der Waals surface area contributed by atoms with E-state index in [-0.39, 0.29) is 0 Å². The van der Waals surface area contributed by atoms with Crippen LogP contribution in [0, 0.1) is 5.92 Å². The number of benzene rings is 1. The first-order chi connectivity index (χ1) is 11.0. The molecule has 1 aromatic carbocycles. The van der Waals surface area contributed by atoms with Gasteiger partial charge in [-0.3, -0.25) is 0 Å². The average Bonchev–Trinajstić information content (AvgIpc) is 2.53. The summed E-state index contributed by atoms with van der Waals surface area (Å²) in [4.78, 5) is 4.60. The first-order valence-electron chi connectivity index (χ1n) is 8.84. The fourth-order valence-electron chi connectivity index (χ4n) is 3.10. The minimum atomic E-state index is 0.371. The number of piperidine rings is 1. The van der Waals surface area contributed by atoms with Gasteiger partial charge in [-0.15, -0.1) is 0 Å². The summed E-state index contributed by atoms with van der Waals surface area (Å²) in [6, 6.07) is 8.93. The van der Waals surface area contributed by atoms with E-state index in [0.29, 0.717) is 12.0 Å². The Labute approximate surface area is 141 Å². The molecule has 4 heteroatoms. The summed E-state index contributed by atoms with van der Waals surface area (Å²) in [5, 5.41) is 3.55. The highest BCUT2D eigenvalue weighted by atomic mass is 16.5. The molecule has 1 aliphatic rings. The van der Waals surface area contributed by atoms with Crippen LogP contribution in [0.25, 0.3) is 0 Å². The van der Waals surface area contributed by atoms with Crippen LogP contribution < -0.4 is 10.1 Å². The van der Waals surface area contributed by atoms with Gasteiger partial charge in [0, 0.05) is 31.6 Å². The van der Waals surface area contributed by atoms with Crippen molar-refractivity contribution in [3.63, 3.8) is 0 Å². The van der Waals surface area contributed by atoms with Gasteiger partial charge < -0.3 is 19.9 Å². The average molecular weight is 319 g/mol. The van der Waals surface area contributed by atoms with Crippen LogP contribution in [0.2, 0.25) is 0 Å². The molecule has 0 amide bonds. The molecule has 2 unspecified atom stereocenters. The maximum absolute atomic E-state index is 5.99. The molecule has 0 spiro atoms. The Kier molecular flexibility index (Phi) is 7.34. The standard InChI is InChI=1S/C19H33N3O/c1-16(20-11-13-21(2)3)18-7-9-19(10-8-18)23-15-17-6-5-12-22(4)14-17/h7-10,16-17,20H,5-6,11-15H2,1-4H3. The van der Waals surface area contributed by atoms with E-state index >= 15 is 0 Å². The maximum atomic E-state index is 5.99. The zero-order chi connectivity index (χ0) is 16.7. The molecule has 130 valence electrons. The summed E-state index contributed by atoms with van der Waals surface area (Å²) < 4.78 is 5.99. The maximum Gasteiger partial charge on any atom is 0.119 e. The van der Waals surface area contributed by atoms with Crippen LogP contribution in [0.15, 0.2) is 24.3 Å². The second-order valence-corrected chi connectivity index (χ2v) is 7.13. The number of ether oxygens (including phenoxy) is 1. The molecule has 4 nitrogen and oxygen atoms in total. The van der Waals surface area contributed by atoms with Crippen molar-refractivity contribution in [3.8, 4) is 5.75 Å². The van der Waals surface area contributed by atoms with Crippen LogP contribution >= 0.6 is 0 Å². The Morgan fingerprint density at radius 2 is 2.04 bits per heavy atom. The molecule has 2 rings (SSSR count). The Morgan fingerprint density at radius 3 is 2.70 bits per heavy atom. The molecule has 2 atom stereocenters. The van der Waals surface area contributed by atoms with Crippen LogP contribution in [0.5, 0.6) is 5.75 Å². The number of hydrogen-bond acceptors (Lipinski definition) is 4. The molecule has 0 aromatic heterocycles. The molecular formula is C19H33N3O. The Morgan fingerprint density at radius 1 is 1.30 bits per heavy atom. The van der Waals surface area contributed by atoms with Gasteiger partial charge in [-0.2, -0.15) is 0 Å². The molecule has 0 radical (unpaired) electrons.